The molecule has 1 N–H and O–H groups in total. The fourth-order valence-corrected chi connectivity index (χ4v) is 2.72. The van der Waals surface area contributed by atoms with Gasteiger partial charge in [0.15, 0.2) is 0 Å². The minimum Gasteiger partial charge on any atom is -0.377 e. The van der Waals surface area contributed by atoms with Crippen molar-refractivity contribution in [2.75, 3.05) is 18.5 Å². The molecule has 0 spiro atoms. The summed E-state index contributed by atoms with van der Waals surface area (Å²) in [6, 6.07) is 0. The first kappa shape index (κ1) is 16.0. The summed E-state index contributed by atoms with van der Waals surface area (Å²) in [7, 11) is 0. The van der Waals surface area contributed by atoms with Gasteiger partial charge in [0, 0.05) is 18.5 Å². The Hall–Kier alpha value is -0.0900. The second kappa shape index (κ2) is 7.49. The van der Waals surface area contributed by atoms with Gasteiger partial charge in [-0.2, -0.15) is 0 Å². The number of hydrogen-bond acceptors (Lipinski definition) is 2. The van der Waals surface area contributed by atoms with Gasteiger partial charge in [0.05, 0.1) is 12.0 Å². The third-order valence-electron chi connectivity index (χ3n) is 3.68. The summed E-state index contributed by atoms with van der Waals surface area (Å²) in [5.74, 6) is 0.230. The van der Waals surface area contributed by atoms with E-state index in [9.17, 15) is 4.79 Å². The van der Waals surface area contributed by atoms with E-state index in [4.69, 9.17) is 4.74 Å². The minimum absolute atomic E-state index is 0.0574. The van der Waals surface area contributed by atoms with Crippen LogP contribution < -0.4 is 5.32 Å². The molecule has 1 rings (SSSR count). The van der Waals surface area contributed by atoms with E-state index in [0.29, 0.717) is 0 Å². The molecule has 3 nitrogen and oxygen atoms in total. The third-order valence-corrected chi connectivity index (χ3v) is 4.24. The highest BCUT2D eigenvalue weighted by molar-refractivity contribution is 9.09. The summed E-state index contributed by atoms with van der Waals surface area (Å²) in [5, 5.41) is 4.13. The van der Waals surface area contributed by atoms with Gasteiger partial charge >= 0.3 is 0 Å². The fraction of sp³-hybridized carbons (Fsp3) is 0.929. The van der Waals surface area contributed by atoms with E-state index in [1.807, 2.05) is 0 Å². The monoisotopic (exact) mass is 319 g/mol. The molecule has 1 fully saturated rings. The normalized spacial score (nSPS) is 24.2. The molecule has 0 bridgehead atoms. The van der Waals surface area contributed by atoms with Crippen molar-refractivity contribution >= 4 is 21.8 Å². The SMILES string of the molecule is CCC1OCCC1C(=O)NCC(C)(C)CCCBr. The van der Waals surface area contributed by atoms with E-state index < -0.39 is 0 Å². The van der Waals surface area contributed by atoms with Crippen LogP contribution in [0.4, 0.5) is 0 Å². The van der Waals surface area contributed by atoms with Gasteiger partial charge in [0.2, 0.25) is 5.91 Å². The number of nitrogens with one attached hydrogen (secondary N) is 1. The molecule has 0 saturated carbocycles. The molecule has 1 saturated heterocycles. The van der Waals surface area contributed by atoms with Crippen LogP contribution in [0.3, 0.4) is 0 Å². The van der Waals surface area contributed by atoms with Gasteiger partial charge in [-0.15, -0.1) is 0 Å². The van der Waals surface area contributed by atoms with E-state index in [0.717, 1.165) is 44.2 Å². The second-order valence-corrected chi connectivity index (χ2v) is 6.68. The average Bonchev–Trinajstić information content (AvgIpc) is 2.82. The molecule has 106 valence electrons. The number of amides is 1. The maximum Gasteiger partial charge on any atom is 0.225 e. The predicted octanol–water partition coefficient (Wildman–Crippen LogP) is 3.12. The van der Waals surface area contributed by atoms with Gasteiger partial charge < -0.3 is 10.1 Å². The minimum atomic E-state index is 0.0574. The molecule has 0 radical (unpaired) electrons. The highest BCUT2D eigenvalue weighted by atomic mass is 79.9. The van der Waals surface area contributed by atoms with Gasteiger partial charge in [0.25, 0.3) is 0 Å². The van der Waals surface area contributed by atoms with Crippen molar-refractivity contribution in [1.29, 1.82) is 0 Å². The van der Waals surface area contributed by atoms with Crippen molar-refractivity contribution in [3.8, 4) is 0 Å². The number of hydrogen-bond donors (Lipinski definition) is 1. The zero-order chi connectivity index (χ0) is 13.6. The number of carbonyl (C=O) groups is 1. The Morgan fingerprint density at radius 1 is 1.50 bits per heavy atom. The van der Waals surface area contributed by atoms with Crippen LogP contribution in [-0.4, -0.2) is 30.5 Å². The van der Waals surface area contributed by atoms with E-state index in [1.54, 1.807) is 0 Å². The van der Waals surface area contributed by atoms with Crippen LogP contribution in [0.5, 0.6) is 0 Å². The summed E-state index contributed by atoms with van der Waals surface area (Å²) < 4.78 is 5.57. The molecule has 2 unspecified atom stereocenters. The largest absolute Gasteiger partial charge is 0.377 e. The molecule has 0 aromatic rings. The van der Waals surface area contributed by atoms with E-state index >= 15 is 0 Å². The maximum absolute atomic E-state index is 12.1. The Morgan fingerprint density at radius 3 is 2.83 bits per heavy atom. The molecule has 0 aliphatic carbocycles. The second-order valence-electron chi connectivity index (χ2n) is 5.89. The van der Waals surface area contributed by atoms with Crippen LogP contribution in [0, 0.1) is 11.3 Å². The van der Waals surface area contributed by atoms with Gasteiger partial charge in [-0.3, -0.25) is 4.79 Å². The highest BCUT2D eigenvalue weighted by Crippen LogP contribution is 2.25. The number of ether oxygens (including phenoxy) is 1. The molecule has 18 heavy (non-hydrogen) atoms. The van der Waals surface area contributed by atoms with Crippen molar-refractivity contribution in [2.45, 2.75) is 52.6 Å². The standard InChI is InChI=1S/C14H26BrNO2/c1-4-12-11(6-9-18-12)13(17)16-10-14(2,3)7-5-8-15/h11-12H,4-10H2,1-3H3,(H,16,17). The van der Waals surface area contributed by atoms with Crippen molar-refractivity contribution in [2.24, 2.45) is 11.3 Å². The lowest BCUT2D eigenvalue weighted by Gasteiger charge is -2.26. The molecule has 4 heteroatoms. The topological polar surface area (TPSA) is 38.3 Å². The Labute approximate surface area is 119 Å². The number of carbonyl (C=O) groups excluding carboxylic acids is 1. The van der Waals surface area contributed by atoms with Crippen molar-refractivity contribution < 1.29 is 9.53 Å². The summed E-state index contributed by atoms with van der Waals surface area (Å²) in [5.41, 5.74) is 0.171. The van der Waals surface area contributed by atoms with Crippen LogP contribution in [0.25, 0.3) is 0 Å². The Bertz CT molecular complexity index is 269. The molecule has 0 aromatic carbocycles. The first-order valence-electron chi connectivity index (χ1n) is 6.95. The molecular formula is C14H26BrNO2. The Kier molecular flexibility index (Phi) is 6.64. The lowest BCUT2D eigenvalue weighted by Crippen LogP contribution is -2.40. The van der Waals surface area contributed by atoms with E-state index in [1.165, 1.54) is 0 Å². The van der Waals surface area contributed by atoms with Gasteiger partial charge in [0.1, 0.15) is 0 Å². The Morgan fingerprint density at radius 2 is 2.22 bits per heavy atom. The zero-order valence-electron chi connectivity index (χ0n) is 11.8. The highest BCUT2D eigenvalue weighted by Gasteiger charge is 2.33. The fourth-order valence-electron chi connectivity index (χ4n) is 2.44. The van der Waals surface area contributed by atoms with Crippen molar-refractivity contribution in [3.05, 3.63) is 0 Å². The van der Waals surface area contributed by atoms with Gasteiger partial charge in [-0.1, -0.05) is 36.7 Å². The molecule has 1 aliphatic heterocycles. The lowest BCUT2D eigenvalue weighted by atomic mass is 9.87. The van der Waals surface area contributed by atoms with Gasteiger partial charge in [-0.05, 0) is 31.1 Å². The molecule has 0 aromatic heterocycles. The van der Waals surface area contributed by atoms with E-state index in [-0.39, 0.29) is 23.3 Å². The summed E-state index contributed by atoms with van der Waals surface area (Å²) >= 11 is 3.45. The van der Waals surface area contributed by atoms with Crippen LogP contribution in [0.15, 0.2) is 0 Å². The number of rotatable bonds is 7. The third kappa shape index (κ3) is 4.88. The molecule has 1 amide bonds. The maximum atomic E-state index is 12.1. The quantitative estimate of drug-likeness (QED) is 0.732. The predicted molar refractivity (Wildman–Crippen MR) is 78.0 cm³/mol. The zero-order valence-corrected chi connectivity index (χ0v) is 13.4. The lowest BCUT2D eigenvalue weighted by molar-refractivity contribution is -0.127. The smallest absolute Gasteiger partial charge is 0.225 e. The molecule has 1 aliphatic rings. The van der Waals surface area contributed by atoms with Gasteiger partial charge in [-0.25, -0.2) is 0 Å². The van der Waals surface area contributed by atoms with Crippen LogP contribution in [0.1, 0.15) is 46.5 Å². The van der Waals surface area contributed by atoms with Crippen LogP contribution in [-0.2, 0) is 9.53 Å². The molecular weight excluding hydrogens is 294 g/mol. The average molecular weight is 320 g/mol. The summed E-state index contributed by atoms with van der Waals surface area (Å²) in [6.45, 7) is 7.97. The molecule has 2 atom stereocenters. The van der Waals surface area contributed by atoms with Crippen molar-refractivity contribution in [1.82, 2.24) is 5.32 Å². The summed E-state index contributed by atoms with van der Waals surface area (Å²) in [6.07, 6.45) is 4.18. The molecule has 1 heterocycles. The van der Waals surface area contributed by atoms with E-state index in [2.05, 4.69) is 42.0 Å². The first-order valence-corrected chi connectivity index (χ1v) is 8.07. The van der Waals surface area contributed by atoms with Crippen LogP contribution >= 0.6 is 15.9 Å². The first-order chi connectivity index (χ1) is 8.50. The summed E-state index contributed by atoms with van der Waals surface area (Å²) in [4.78, 5) is 12.1. The van der Waals surface area contributed by atoms with Crippen molar-refractivity contribution in [3.63, 3.8) is 0 Å². The van der Waals surface area contributed by atoms with Crippen LogP contribution in [0.2, 0.25) is 0 Å². The number of halogens is 1. The Balaban J connectivity index is 2.36. The number of alkyl halides is 1.